The normalized spacial score (nSPS) is 11.4. The topological polar surface area (TPSA) is 74.6 Å². The van der Waals surface area contributed by atoms with Crippen molar-refractivity contribution < 1.29 is 24.2 Å². The second-order valence-corrected chi connectivity index (χ2v) is 5.26. The van der Waals surface area contributed by atoms with Gasteiger partial charge in [-0.15, -0.1) is 11.3 Å². The van der Waals surface area contributed by atoms with Crippen molar-refractivity contribution >= 4 is 28.8 Å². The first-order chi connectivity index (χ1) is 9.97. The van der Waals surface area contributed by atoms with E-state index < -0.39 is 17.5 Å². The zero-order chi connectivity index (χ0) is 15.4. The van der Waals surface area contributed by atoms with Crippen LogP contribution in [0, 0.1) is 5.82 Å². The minimum absolute atomic E-state index is 0.355. The second kappa shape index (κ2) is 6.32. The van der Waals surface area contributed by atoms with Crippen molar-refractivity contribution in [3.8, 4) is 0 Å². The first kappa shape index (κ1) is 14.9. The molecule has 21 heavy (non-hydrogen) atoms. The van der Waals surface area contributed by atoms with Crippen molar-refractivity contribution in [3.05, 3.63) is 63.6 Å². The van der Waals surface area contributed by atoms with E-state index in [4.69, 9.17) is 5.11 Å². The number of carboxylic acids is 1. The van der Waals surface area contributed by atoms with E-state index in [1.807, 2.05) is 0 Å². The standard InChI is InChI=1S/C15H11FO4S/c16-10-3-1-2-9(6-10)7-14-11(4-5-21-14)12(17)8-13(18)15(19)20/h1-6,8,17H,7H2,(H,19,20)/b12-8-. The summed E-state index contributed by atoms with van der Waals surface area (Å²) in [5.74, 6) is -3.60. The molecule has 0 atom stereocenters. The fraction of sp³-hybridized carbons (Fsp3) is 0.0667. The lowest BCUT2D eigenvalue weighted by molar-refractivity contribution is -0.146. The summed E-state index contributed by atoms with van der Waals surface area (Å²) in [4.78, 5) is 22.3. The van der Waals surface area contributed by atoms with Gasteiger partial charge >= 0.3 is 5.97 Å². The van der Waals surface area contributed by atoms with E-state index in [9.17, 15) is 19.1 Å². The van der Waals surface area contributed by atoms with Crippen LogP contribution in [0.2, 0.25) is 0 Å². The minimum atomic E-state index is -1.64. The molecule has 2 aromatic rings. The predicted molar refractivity (Wildman–Crippen MR) is 76.8 cm³/mol. The van der Waals surface area contributed by atoms with E-state index in [-0.39, 0.29) is 5.82 Å². The van der Waals surface area contributed by atoms with Gasteiger partial charge in [-0.1, -0.05) is 12.1 Å². The lowest BCUT2D eigenvalue weighted by Gasteiger charge is -2.04. The fourth-order valence-electron chi connectivity index (χ4n) is 1.80. The number of benzene rings is 1. The van der Waals surface area contributed by atoms with Crippen LogP contribution in [0.5, 0.6) is 0 Å². The average Bonchev–Trinajstić information content (AvgIpc) is 2.86. The van der Waals surface area contributed by atoms with E-state index in [0.29, 0.717) is 22.9 Å². The molecule has 1 heterocycles. The Morgan fingerprint density at radius 1 is 1.24 bits per heavy atom. The first-order valence-corrected chi connectivity index (χ1v) is 6.84. The molecule has 1 aromatic heterocycles. The highest BCUT2D eigenvalue weighted by Crippen LogP contribution is 2.26. The van der Waals surface area contributed by atoms with Crippen molar-refractivity contribution in [2.75, 3.05) is 0 Å². The van der Waals surface area contributed by atoms with Crippen LogP contribution in [-0.2, 0) is 16.0 Å². The number of aliphatic hydroxyl groups is 1. The summed E-state index contributed by atoms with van der Waals surface area (Å²) in [5.41, 5.74) is 1.09. The van der Waals surface area contributed by atoms with Gasteiger partial charge in [0.2, 0.25) is 0 Å². The Morgan fingerprint density at radius 3 is 2.67 bits per heavy atom. The molecule has 108 valence electrons. The smallest absolute Gasteiger partial charge is 0.376 e. The summed E-state index contributed by atoms with van der Waals surface area (Å²) in [5, 5.41) is 20.1. The number of halogens is 1. The summed E-state index contributed by atoms with van der Waals surface area (Å²) >= 11 is 1.33. The maximum absolute atomic E-state index is 13.1. The van der Waals surface area contributed by atoms with Gasteiger partial charge in [0.1, 0.15) is 11.6 Å². The van der Waals surface area contributed by atoms with Crippen molar-refractivity contribution in [3.63, 3.8) is 0 Å². The molecule has 0 aliphatic carbocycles. The van der Waals surface area contributed by atoms with E-state index in [1.165, 1.54) is 23.5 Å². The number of carbonyl (C=O) groups excluding carboxylic acids is 1. The molecule has 1 aromatic carbocycles. The largest absolute Gasteiger partial charge is 0.507 e. The average molecular weight is 306 g/mol. The molecule has 0 aliphatic rings. The highest BCUT2D eigenvalue weighted by molar-refractivity contribution is 7.10. The van der Waals surface area contributed by atoms with E-state index in [1.54, 1.807) is 23.6 Å². The van der Waals surface area contributed by atoms with E-state index in [0.717, 1.165) is 5.56 Å². The van der Waals surface area contributed by atoms with Gasteiger partial charge in [-0.05, 0) is 29.1 Å². The molecular formula is C15H11FO4S. The van der Waals surface area contributed by atoms with Crippen LogP contribution in [0.25, 0.3) is 5.76 Å². The van der Waals surface area contributed by atoms with E-state index >= 15 is 0 Å². The van der Waals surface area contributed by atoms with Crippen LogP contribution in [0.15, 0.2) is 41.8 Å². The van der Waals surface area contributed by atoms with Crippen LogP contribution in [0.4, 0.5) is 4.39 Å². The van der Waals surface area contributed by atoms with Gasteiger partial charge < -0.3 is 10.2 Å². The third-order valence-electron chi connectivity index (χ3n) is 2.75. The highest BCUT2D eigenvalue weighted by atomic mass is 32.1. The van der Waals surface area contributed by atoms with Gasteiger partial charge in [0.05, 0.1) is 0 Å². The quantitative estimate of drug-likeness (QED) is 0.506. The number of carboxylic acid groups (broad SMARTS) is 1. The number of ketones is 1. The van der Waals surface area contributed by atoms with E-state index in [2.05, 4.69) is 0 Å². The highest BCUT2D eigenvalue weighted by Gasteiger charge is 2.14. The van der Waals surface area contributed by atoms with Crippen molar-refractivity contribution in [2.24, 2.45) is 0 Å². The zero-order valence-corrected chi connectivity index (χ0v) is 11.6. The maximum atomic E-state index is 13.1. The van der Waals surface area contributed by atoms with Gasteiger partial charge in [0, 0.05) is 22.9 Å². The summed E-state index contributed by atoms with van der Waals surface area (Å²) in [6.07, 6.45) is 1.05. The van der Waals surface area contributed by atoms with Gasteiger partial charge in [0.15, 0.2) is 0 Å². The van der Waals surface area contributed by atoms with Crippen molar-refractivity contribution in [2.45, 2.75) is 6.42 Å². The number of aliphatic hydroxyl groups excluding tert-OH is 1. The number of thiophene rings is 1. The molecule has 4 nitrogen and oxygen atoms in total. The molecule has 2 N–H and O–H groups in total. The lowest BCUT2D eigenvalue weighted by Crippen LogP contribution is -2.09. The third-order valence-corrected chi connectivity index (χ3v) is 3.67. The number of rotatable bonds is 5. The number of hydrogen-bond acceptors (Lipinski definition) is 4. The molecule has 0 fully saturated rings. The molecule has 0 unspecified atom stereocenters. The zero-order valence-electron chi connectivity index (χ0n) is 10.7. The molecule has 0 aliphatic heterocycles. The first-order valence-electron chi connectivity index (χ1n) is 5.96. The molecule has 2 rings (SSSR count). The number of carbonyl (C=O) groups is 2. The van der Waals surface area contributed by atoms with Gasteiger partial charge in [-0.25, -0.2) is 9.18 Å². The van der Waals surface area contributed by atoms with Crippen LogP contribution >= 0.6 is 11.3 Å². The predicted octanol–water partition coefficient (Wildman–Crippen LogP) is 3.03. The Kier molecular flexibility index (Phi) is 4.49. The van der Waals surface area contributed by atoms with Gasteiger partial charge in [0.25, 0.3) is 5.78 Å². The summed E-state index contributed by atoms with van der Waals surface area (Å²) in [6, 6.07) is 7.63. The summed E-state index contributed by atoms with van der Waals surface area (Å²) < 4.78 is 13.1. The number of hydrogen-bond donors (Lipinski definition) is 2. The van der Waals surface area contributed by atoms with Crippen LogP contribution in [0.3, 0.4) is 0 Å². The maximum Gasteiger partial charge on any atom is 0.376 e. The van der Waals surface area contributed by atoms with Crippen LogP contribution in [-0.4, -0.2) is 22.0 Å². The third kappa shape index (κ3) is 3.76. The van der Waals surface area contributed by atoms with Crippen LogP contribution in [0.1, 0.15) is 16.0 Å². The summed E-state index contributed by atoms with van der Waals surface area (Å²) in [7, 11) is 0. The monoisotopic (exact) mass is 306 g/mol. The Labute approximate surface area is 123 Å². The molecule has 6 heteroatoms. The van der Waals surface area contributed by atoms with Crippen LogP contribution < -0.4 is 0 Å². The molecule has 0 saturated heterocycles. The van der Waals surface area contributed by atoms with Crippen molar-refractivity contribution in [1.82, 2.24) is 0 Å². The second-order valence-electron chi connectivity index (χ2n) is 4.26. The molecule has 0 spiro atoms. The SMILES string of the molecule is O=C(O)C(=O)/C=C(\O)c1ccsc1Cc1cccc(F)c1. The van der Waals surface area contributed by atoms with Gasteiger partial charge in [-0.3, -0.25) is 4.79 Å². The fourth-order valence-corrected chi connectivity index (χ4v) is 2.72. The Balaban J connectivity index is 2.26. The molecule has 0 bridgehead atoms. The molecule has 0 saturated carbocycles. The molecule has 0 amide bonds. The number of aliphatic carboxylic acids is 1. The summed E-state index contributed by atoms with van der Waals surface area (Å²) in [6.45, 7) is 0. The molecular weight excluding hydrogens is 295 g/mol. The Bertz CT molecular complexity index is 718. The molecule has 0 radical (unpaired) electrons. The van der Waals surface area contributed by atoms with Gasteiger partial charge in [-0.2, -0.15) is 0 Å². The lowest BCUT2D eigenvalue weighted by atomic mass is 10.1. The Hall–Kier alpha value is -2.47. The Morgan fingerprint density at radius 2 is 2.00 bits per heavy atom. The van der Waals surface area contributed by atoms with Crippen molar-refractivity contribution in [1.29, 1.82) is 0 Å². The minimum Gasteiger partial charge on any atom is -0.507 e.